The van der Waals surface area contributed by atoms with E-state index >= 15 is 4.39 Å². The largest absolute Gasteiger partial charge is 0.325 e. The highest BCUT2D eigenvalue weighted by Gasteiger charge is 2.33. The molecule has 0 saturated heterocycles. The van der Waals surface area contributed by atoms with Crippen molar-refractivity contribution in [2.45, 2.75) is 63.9 Å². The molecule has 0 fully saturated rings. The van der Waals surface area contributed by atoms with E-state index in [1.807, 2.05) is 44.2 Å². The summed E-state index contributed by atoms with van der Waals surface area (Å²) < 4.78 is 47.3. The van der Waals surface area contributed by atoms with Crippen molar-refractivity contribution in [2.24, 2.45) is 5.92 Å². The standard InChI is InChI=1S/C35H37FN6O3S/c1-4-24-17-26-9-6-7-11-32(26)46(44,45)41(21-24)22-27-18-25(13-12-23(27)3)30(19-33(43)38-28-10-8-16-37-20-28)29-14-15-31-35(34(29)36)39-40-42(31)5-2/h6-16,18,20,24,30H,4-5,17,19,21-22H2,1-3H3,(H,38,43)/t24-,30-/m0/s1. The van der Waals surface area contributed by atoms with Crippen LogP contribution in [0.5, 0.6) is 0 Å². The average molecular weight is 641 g/mol. The number of nitrogens with zero attached hydrogens (tertiary/aromatic N) is 5. The van der Waals surface area contributed by atoms with Crippen LogP contribution in [0.1, 0.15) is 60.4 Å². The molecule has 0 saturated carbocycles. The highest BCUT2D eigenvalue weighted by Crippen LogP contribution is 2.36. The lowest BCUT2D eigenvalue weighted by atomic mass is 9.86. The Morgan fingerprint density at radius 1 is 1.09 bits per heavy atom. The van der Waals surface area contributed by atoms with E-state index < -0.39 is 21.8 Å². The molecule has 2 aromatic heterocycles. The van der Waals surface area contributed by atoms with Crippen molar-refractivity contribution in [1.29, 1.82) is 0 Å². The van der Waals surface area contributed by atoms with Gasteiger partial charge in [-0.15, -0.1) is 5.10 Å². The fourth-order valence-electron chi connectivity index (χ4n) is 6.28. The minimum atomic E-state index is -3.76. The molecule has 3 aromatic carbocycles. The van der Waals surface area contributed by atoms with Crippen molar-refractivity contribution in [3.05, 3.63) is 113 Å². The molecule has 1 amide bonds. The van der Waals surface area contributed by atoms with Crippen molar-refractivity contribution in [2.75, 3.05) is 11.9 Å². The van der Waals surface area contributed by atoms with Gasteiger partial charge >= 0.3 is 0 Å². The molecule has 9 nitrogen and oxygen atoms in total. The number of hydrogen-bond acceptors (Lipinski definition) is 6. The molecule has 1 aliphatic rings. The first-order valence-corrected chi connectivity index (χ1v) is 17.0. The van der Waals surface area contributed by atoms with E-state index in [-0.39, 0.29) is 30.3 Å². The van der Waals surface area contributed by atoms with Crippen molar-refractivity contribution in [1.82, 2.24) is 24.3 Å². The van der Waals surface area contributed by atoms with E-state index in [0.717, 1.165) is 23.1 Å². The van der Waals surface area contributed by atoms with Crippen molar-refractivity contribution in [3.63, 3.8) is 0 Å². The van der Waals surface area contributed by atoms with Gasteiger partial charge in [-0.1, -0.05) is 61.0 Å². The zero-order chi connectivity index (χ0) is 32.4. The monoisotopic (exact) mass is 640 g/mol. The summed E-state index contributed by atoms with van der Waals surface area (Å²) in [5, 5.41) is 11.0. The van der Waals surface area contributed by atoms with E-state index in [1.165, 1.54) is 0 Å². The minimum absolute atomic E-state index is 0.0605. The number of carbonyl (C=O) groups is 1. The topological polar surface area (TPSA) is 110 Å². The number of aromatic nitrogens is 4. The lowest BCUT2D eigenvalue weighted by Gasteiger charge is -2.25. The zero-order valence-electron chi connectivity index (χ0n) is 26.1. The number of fused-ring (bicyclic) bond motifs is 2. The Kier molecular flexibility index (Phi) is 8.97. The van der Waals surface area contributed by atoms with Crippen molar-refractivity contribution < 1.29 is 17.6 Å². The fraction of sp³-hybridized carbons (Fsp3) is 0.314. The van der Waals surface area contributed by atoms with E-state index in [1.54, 1.807) is 57.8 Å². The first-order valence-electron chi connectivity index (χ1n) is 15.6. The number of aryl methyl sites for hydroxylation is 2. The molecule has 0 unspecified atom stereocenters. The van der Waals surface area contributed by atoms with Crippen molar-refractivity contribution >= 4 is 32.7 Å². The van der Waals surface area contributed by atoms with Gasteiger partial charge in [0.2, 0.25) is 15.9 Å². The van der Waals surface area contributed by atoms with Crippen LogP contribution in [0.2, 0.25) is 0 Å². The van der Waals surface area contributed by atoms with Crippen LogP contribution in [0.4, 0.5) is 10.1 Å². The second-order valence-corrected chi connectivity index (χ2v) is 13.8. The number of hydrogen-bond donors (Lipinski definition) is 1. The number of carbonyl (C=O) groups excluding carboxylic acids is 1. The second kappa shape index (κ2) is 13.1. The van der Waals surface area contributed by atoms with Crippen LogP contribution >= 0.6 is 0 Å². The third-order valence-corrected chi connectivity index (χ3v) is 10.8. The lowest BCUT2D eigenvalue weighted by Crippen LogP contribution is -2.33. The molecule has 0 spiro atoms. The number of anilines is 1. The van der Waals surface area contributed by atoms with Crippen LogP contribution in [0.15, 0.2) is 84.0 Å². The summed E-state index contributed by atoms with van der Waals surface area (Å²) in [7, 11) is -3.76. The Morgan fingerprint density at radius 3 is 2.67 bits per heavy atom. The molecule has 0 aliphatic carbocycles. The van der Waals surface area contributed by atoms with Gasteiger partial charge in [-0.3, -0.25) is 9.78 Å². The van der Waals surface area contributed by atoms with E-state index in [2.05, 4.69) is 27.5 Å². The molecule has 5 aromatic rings. The summed E-state index contributed by atoms with van der Waals surface area (Å²) in [4.78, 5) is 17.8. The van der Waals surface area contributed by atoms with Gasteiger partial charge < -0.3 is 5.32 Å². The number of pyridine rings is 1. The molecule has 3 heterocycles. The SMILES string of the molecule is CC[C@H]1Cc2ccccc2S(=O)(=O)N(Cc2cc([C@H](CC(=O)Nc3cccnc3)c3ccc4c(nnn4CC)c3F)ccc2C)C1. The van der Waals surface area contributed by atoms with Crippen LogP contribution in [0, 0.1) is 18.7 Å². The molecule has 2 atom stereocenters. The predicted octanol–water partition coefficient (Wildman–Crippen LogP) is 6.23. The number of sulfonamides is 1. The zero-order valence-corrected chi connectivity index (χ0v) is 27.0. The quantitative estimate of drug-likeness (QED) is 0.205. The smallest absolute Gasteiger partial charge is 0.243 e. The number of benzene rings is 3. The second-order valence-electron chi connectivity index (χ2n) is 11.9. The number of nitrogens with one attached hydrogen (secondary N) is 1. The number of rotatable bonds is 9. The normalized spacial score (nSPS) is 16.9. The van der Waals surface area contributed by atoms with Gasteiger partial charge in [-0.2, -0.15) is 4.31 Å². The summed E-state index contributed by atoms with van der Waals surface area (Å²) in [6.45, 7) is 7.03. The molecule has 238 valence electrons. The van der Waals surface area contributed by atoms with E-state index in [0.29, 0.717) is 46.7 Å². The average Bonchev–Trinajstić information content (AvgIpc) is 3.45. The van der Waals surface area contributed by atoms with Gasteiger partial charge in [-0.05, 0) is 78.3 Å². The summed E-state index contributed by atoms with van der Waals surface area (Å²) in [5.41, 5.74) is 4.81. The Morgan fingerprint density at radius 2 is 1.91 bits per heavy atom. The Balaban J connectivity index is 1.40. The molecule has 46 heavy (non-hydrogen) atoms. The fourth-order valence-corrected chi connectivity index (χ4v) is 8.01. The summed E-state index contributed by atoms with van der Waals surface area (Å²) in [6, 6.07) is 19.9. The third kappa shape index (κ3) is 6.17. The highest BCUT2D eigenvalue weighted by atomic mass is 32.2. The summed E-state index contributed by atoms with van der Waals surface area (Å²) >= 11 is 0. The van der Waals surface area contributed by atoms with Gasteiger partial charge in [-0.25, -0.2) is 17.5 Å². The van der Waals surface area contributed by atoms with Crippen molar-refractivity contribution in [3.8, 4) is 0 Å². The van der Waals surface area contributed by atoms with Gasteiger partial charge in [0, 0.05) is 38.2 Å². The first kappa shape index (κ1) is 31.5. The molecule has 1 N–H and O–H groups in total. The van der Waals surface area contributed by atoms with Crippen LogP contribution < -0.4 is 5.32 Å². The summed E-state index contributed by atoms with van der Waals surface area (Å²) in [6.07, 6.45) is 4.65. The van der Waals surface area contributed by atoms with E-state index in [9.17, 15) is 13.2 Å². The Hall–Kier alpha value is -4.48. The van der Waals surface area contributed by atoms with E-state index in [4.69, 9.17) is 0 Å². The van der Waals surface area contributed by atoms with Gasteiger partial charge in [0.25, 0.3) is 0 Å². The van der Waals surface area contributed by atoms with Gasteiger partial charge in [0.05, 0.1) is 22.3 Å². The Labute approximate surface area is 268 Å². The van der Waals surface area contributed by atoms with Gasteiger partial charge in [0.15, 0.2) is 5.82 Å². The number of amides is 1. The molecule has 6 rings (SSSR count). The first-order chi connectivity index (χ1) is 22.2. The van der Waals surface area contributed by atoms with Crippen LogP contribution in [0.25, 0.3) is 11.0 Å². The molecular formula is C35H37FN6O3S. The maximum absolute atomic E-state index is 16.2. The highest BCUT2D eigenvalue weighted by molar-refractivity contribution is 7.89. The molecule has 0 radical (unpaired) electrons. The van der Waals surface area contributed by atoms with Crippen LogP contribution in [0.3, 0.4) is 0 Å². The molecular weight excluding hydrogens is 603 g/mol. The lowest BCUT2D eigenvalue weighted by molar-refractivity contribution is -0.116. The molecule has 11 heteroatoms. The minimum Gasteiger partial charge on any atom is -0.325 e. The summed E-state index contributed by atoms with van der Waals surface area (Å²) in [5.74, 6) is -1.36. The predicted molar refractivity (Wildman–Crippen MR) is 175 cm³/mol. The van der Waals surface area contributed by atoms with Crippen LogP contribution in [-0.4, -0.2) is 45.2 Å². The molecule has 1 aliphatic heterocycles. The Bertz CT molecular complexity index is 2000. The van der Waals surface area contributed by atoms with Crippen LogP contribution in [-0.2, 0) is 34.3 Å². The number of halogens is 1. The van der Waals surface area contributed by atoms with Gasteiger partial charge in [0.1, 0.15) is 5.52 Å². The maximum atomic E-state index is 16.2. The maximum Gasteiger partial charge on any atom is 0.243 e. The molecule has 0 bridgehead atoms. The third-order valence-electron chi connectivity index (χ3n) is 8.93.